The lowest BCUT2D eigenvalue weighted by Crippen LogP contribution is -2.39. The van der Waals surface area contributed by atoms with E-state index in [2.05, 4.69) is 32.9 Å². The van der Waals surface area contributed by atoms with Crippen LogP contribution in [0.1, 0.15) is 43.7 Å². The van der Waals surface area contributed by atoms with Crippen molar-refractivity contribution < 1.29 is 13.2 Å². The fraction of sp³-hybridized carbons (Fsp3) is 0.481. The molecule has 2 aliphatic rings. The molecule has 0 amide bonds. The number of hydrogen-bond acceptors (Lipinski definition) is 9. The van der Waals surface area contributed by atoms with Gasteiger partial charge in [-0.1, -0.05) is 36.8 Å². The third-order valence-corrected chi connectivity index (χ3v) is 9.90. The highest BCUT2D eigenvalue weighted by atomic mass is 32.2. The van der Waals surface area contributed by atoms with Crippen LogP contribution in [0.25, 0.3) is 15.8 Å². The maximum Gasteiger partial charge on any atom is 0.274 e. The topological polar surface area (TPSA) is 153 Å². The molecule has 0 spiro atoms. The van der Waals surface area contributed by atoms with E-state index in [1.807, 2.05) is 30.6 Å². The van der Waals surface area contributed by atoms with Crippen molar-refractivity contribution in [2.24, 2.45) is 16.5 Å². The zero-order valence-electron chi connectivity index (χ0n) is 22.7. The van der Waals surface area contributed by atoms with Crippen molar-refractivity contribution in [1.82, 2.24) is 19.3 Å². The van der Waals surface area contributed by atoms with Gasteiger partial charge < -0.3 is 21.1 Å². The predicted molar refractivity (Wildman–Crippen MR) is 160 cm³/mol. The summed E-state index contributed by atoms with van der Waals surface area (Å²) in [6, 6.07) is 6.18. The maximum absolute atomic E-state index is 12.6. The Hall–Kier alpha value is -3.29. The molecule has 0 saturated carbocycles. The number of benzene rings is 1. The SMILES string of the molecule is CCCc1cnc(N2CCC(Oc3nc4ccc(C5=CCN(S(=O)(=O)CCN=C(N)N)CC5)cc4s3)CC2)nc1. The second kappa shape index (κ2) is 12.5. The van der Waals surface area contributed by atoms with Crippen molar-refractivity contribution in [2.75, 3.05) is 43.4 Å². The van der Waals surface area contributed by atoms with E-state index >= 15 is 0 Å². The summed E-state index contributed by atoms with van der Waals surface area (Å²) in [5, 5.41) is 0.682. The van der Waals surface area contributed by atoms with E-state index in [9.17, 15) is 8.42 Å². The van der Waals surface area contributed by atoms with E-state index in [0.717, 1.165) is 66.1 Å². The number of rotatable bonds is 10. The Labute approximate surface area is 239 Å². The molecular weight excluding hydrogens is 548 g/mol. The lowest BCUT2D eigenvalue weighted by molar-refractivity contribution is 0.170. The molecule has 1 fully saturated rings. The molecule has 214 valence electrons. The van der Waals surface area contributed by atoms with Gasteiger partial charge in [0.25, 0.3) is 5.19 Å². The molecule has 11 nitrogen and oxygen atoms in total. The first-order valence-corrected chi connectivity index (χ1v) is 16.1. The van der Waals surface area contributed by atoms with Gasteiger partial charge in [-0.2, -0.15) is 4.31 Å². The average Bonchev–Trinajstić information content (AvgIpc) is 3.35. The highest BCUT2D eigenvalue weighted by Crippen LogP contribution is 2.33. The summed E-state index contributed by atoms with van der Waals surface area (Å²) in [4.78, 5) is 19.8. The van der Waals surface area contributed by atoms with Crippen molar-refractivity contribution >= 4 is 49.1 Å². The largest absolute Gasteiger partial charge is 0.467 e. The predicted octanol–water partition coefficient (Wildman–Crippen LogP) is 2.78. The second-order valence-electron chi connectivity index (χ2n) is 10.1. The van der Waals surface area contributed by atoms with Crippen molar-refractivity contribution in [1.29, 1.82) is 0 Å². The summed E-state index contributed by atoms with van der Waals surface area (Å²) in [6.07, 6.45) is 10.5. The Morgan fingerprint density at radius 1 is 1.18 bits per heavy atom. The molecule has 5 rings (SSSR count). The number of aryl methyl sites for hydroxylation is 1. The van der Waals surface area contributed by atoms with Gasteiger partial charge in [0, 0.05) is 51.4 Å². The minimum Gasteiger partial charge on any atom is -0.467 e. The second-order valence-corrected chi connectivity index (χ2v) is 13.1. The third-order valence-electron chi connectivity index (χ3n) is 7.17. The van der Waals surface area contributed by atoms with Crippen LogP contribution in [0.4, 0.5) is 5.95 Å². The molecule has 40 heavy (non-hydrogen) atoms. The molecule has 0 bridgehead atoms. The first kappa shape index (κ1) is 28.2. The normalized spacial score (nSPS) is 17.1. The Morgan fingerprint density at radius 3 is 2.62 bits per heavy atom. The Bertz CT molecular complexity index is 1480. The van der Waals surface area contributed by atoms with Gasteiger partial charge in [0.1, 0.15) is 6.10 Å². The third kappa shape index (κ3) is 6.88. The molecule has 0 atom stereocenters. The van der Waals surface area contributed by atoms with Crippen LogP contribution in [0.2, 0.25) is 0 Å². The molecule has 1 saturated heterocycles. The van der Waals surface area contributed by atoms with Gasteiger partial charge in [-0.05, 0) is 41.7 Å². The Morgan fingerprint density at radius 2 is 1.95 bits per heavy atom. The summed E-state index contributed by atoms with van der Waals surface area (Å²) in [5.74, 6) is 0.574. The number of nitrogens with two attached hydrogens (primary N) is 2. The number of hydrogen-bond donors (Lipinski definition) is 2. The average molecular weight is 585 g/mol. The number of guanidine groups is 1. The van der Waals surface area contributed by atoms with Crippen LogP contribution < -0.4 is 21.1 Å². The summed E-state index contributed by atoms with van der Waals surface area (Å²) in [5.41, 5.74) is 14.9. The van der Waals surface area contributed by atoms with Gasteiger partial charge in [-0.25, -0.2) is 23.4 Å². The molecule has 2 aromatic heterocycles. The number of nitrogens with zero attached hydrogens (tertiary/aromatic N) is 6. The van der Waals surface area contributed by atoms with E-state index in [1.54, 1.807) is 11.3 Å². The fourth-order valence-corrected chi connectivity index (χ4v) is 7.16. The molecule has 1 aromatic carbocycles. The van der Waals surface area contributed by atoms with Crippen LogP contribution in [0.15, 0.2) is 41.7 Å². The van der Waals surface area contributed by atoms with Crippen molar-refractivity contribution in [3.8, 4) is 5.19 Å². The standard InChI is InChI=1S/C27H36N8O3S2/c1-2-3-19-17-31-26(32-18-19)34-11-8-22(9-12-34)38-27-33-23-5-4-21(16-24(23)39-27)20-6-13-35(14-7-20)40(36,37)15-10-30-25(28)29/h4-6,16-18,22H,2-3,7-15H2,1H3,(H4,28,29,30). The van der Waals surface area contributed by atoms with Crippen LogP contribution in [0.3, 0.4) is 0 Å². The van der Waals surface area contributed by atoms with Crippen LogP contribution >= 0.6 is 11.3 Å². The van der Waals surface area contributed by atoms with Crippen LogP contribution in [-0.4, -0.2) is 78.2 Å². The van der Waals surface area contributed by atoms with Gasteiger partial charge in [0.05, 0.1) is 22.5 Å². The number of aliphatic imine (C=N–C) groups is 1. The number of fused-ring (bicyclic) bond motifs is 1. The van der Waals surface area contributed by atoms with E-state index in [1.165, 1.54) is 9.87 Å². The lowest BCUT2D eigenvalue weighted by Gasteiger charge is -2.31. The van der Waals surface area contributed by atoms with Crippen LogP contribution in [0.5, 0.6) is 5.19 Å². The zero-order valence-corrected chi connectivity index (χ0v) is 24.3. The number of piperidine rings is 1. The Balaban J connectivity index is 1.16. The van der Waals surface area contributed by atoms with E-state index < -0.39 is 10.0 Å². The summed E-state index contributed by atoms with van der Waals surface area (Å²) >= 11 is 1.55. The van der Waals surface area contributed by atoms with E-state index in [-0.39, 0.29) is 24.4 Å². The van der Waals surface area contributed by atoms with Gasteiger partial charge in [0.15, 0.2) is 5.96 Å². The van der Waals surface area contributed by atoms with E-state index in [4.69, 9.17) is 21.2 Å². The molecule has 4 N–H and O–H groups in total. The Kier molecular flexibility index (Phi) is 8.81. The lowest BCUT2D eigenvalue weighted by atomic mass is 10.0. The fourth-order valence-electron chi connectivity index (χ4n) is 4.98. The molecule has 13 heteroatoms. The van der Waals surface area contributed by atoms with Crippen LogP contribution in [-0.2, 0) is 16.4 Å². The molecule has 3 aromatic rings. The molecule has 0 aliphatic carbocycles. The summed E-state index contributed by atoms with van der Waals surface area (Å²) in [7, 11) is -3.42. The molecule has 4 heterocycles. The number of ether oxygens (including phenoxy) is 1. The minimum absolute atomic E-state index is 0.0601. The summed E-state index contributed by atoms with van der Waals surface area (Å²) in [6.45, 7) is 4.68. The van der Waals surface area contributed by atoms with Gasteiger partial charge in [0.2, 0.25) is 16.0 Å². The first-order valence-electron chi connectivity index (χ1n) is 13.7. The van der Waals surface area contributed by atoms with Crippen molar-refractivity contribution in [3.63, 3.8) is 0 Å². The molecular formula is C27H36N8O3S2. The van der Waals surface area contributed by atoms with Gasteiger partial charge >= 0.3 is 0 Å². The highest BCUT2D eigenvalue weighted by molar-refractivity contribution is 7.89. The number of thiazole rings is 1. The summed E-state index contributed by atoms with van der Waals surface area (Å²) < 4.78 is 34.0. The van der Waals surface area contributed by atoms with Crippen molar-refractivity contribution in [3.05, 3.63) is 47.8 Å². The molecule has 0 unspecified atom stereocenters. The smallest absolute Gasteiger partial charge is 0.274 e. The highest BCUT2D eigenvalue weighted by Gasteiger charge is 2.25. The number of sulfonamides is 1. The van der Waals surface area contributed by atoms with Gasteiger partial charge in [-0.15, -0.1) is 0 Å². The zero-order chi connectivity index (χ0) is 28.1. The number of anilines is 1. The van der Waals surface area contributed by atoms with Gasteiger partial charge in [-0.3, -0.25) is 4.99 Å². The van der Waals surface area contributed by atoms with E-state index in [0.29, 0.717) is 24.7 Å². The maximum atomic E-state index is 12.6. The number of aromatic nitrogens is 3. The minimum atomic E-state index is -3.42. The molecule has 0 radical (unpaired) electrons. The first-order chi connectivity index (χ1) is 19.3. The van der Waals surface area contributed by atoms with Crippen molar-refractivity contribution in [2.45, 2.75) is 45.1 Å². The quantitative estimate of drug-likeness (QED) is 0.270. The molecule has 2 aliphatic heterocycles. The van der Waals surface area contributed by atoms with Crippen LogP contribution in [0, 0.1) is 0 Å². The monoisotopic (exact) mass is 584 g/mol.